The fourth-order valence-corrected chi connectivity index (χ4v) is 2.74. The third-order valence-electron chi connectivity index (χ3n) is 2.71. The largest absolute Gasteiger partial charge is 0.478 e. The van der Waals surface area contributed by atoms with E-state index in [1.54, 1.807) is 24.3 Å². The lowest BCUT2D eigenvalue weighted by Gasteiger charge is -2.09. The summed E-state index contributed by atoms with van der Waals surface area (Å²) >= 11 is 0. The topological polar surface area (TPSA) is 71.4 Å². The number of hydrogen-bond acceptors (Lipinski definition) is 3. The monoisotopic (exact) mass is 276 g/mol. The SMILES string of the molecule is CS(=O)(=O)c1cc(C(=O)O)ccc1-c1ccccc1. The summed E-state index contributed by atoms with van der Waals surface area (Å²) in [6, 6.07) is 13.1. The van der Waals surface area contributed by atoms with Crippen molar-refractivity contribution < 1.29 is 18.3 Å². The van der Waals surface area contributed by atoms with Gasteiger partial charge in [-0.25, -0.2) is 13.2 Å². The number of rotatable bonds is 3. The second kappa shape index (κ2) is 4.85. The molecule has 0 bridgehead atoms. The standard InChI is InChI=1S/C14H12O4S/c1-19(17,18)13-9-11(14(15)16)7-8-12(13)10-5-3-2-4-6-10/h2-9H,1H3,(H,15,16). The highest BCUT2D eigenvalue weighted by Crippen LogP contribution is 2.28. The van der Waals surface area contributed by atoms with Crippen molar-refractivity contribution >= 4 is 15.8 Å². The zero-order chi connectivity index (χ0) is 14.0. The highest BCUT2D eigenvalue weighted by molar-refractivity contribution is 7.90. The molecule has 0 aromatic heterocycles. The van der Waals surface area contributed by atoms with Gasteiger partial charge in [-0.3, -0.25) is 0 Å². The lowest BCUT2D eigenvalue weighted by Crippen LogP contribution is -2.04. The van der Waals surface area contributed by atoms with Gasteiger partial charge < -0.3 is 5.11 Å². The van der Waals surface area contributed by atoms with Gasteiger partial charge in [0.1, 0.15) is 0 Å². The van der Waals surface area contributed by atoms with Gasteiger partial charge in [-0.05, 0) is 17.7 Å². The summed E-state index contributed by atoms with van der Waals surface area (Å²) in [5.74, 6) is -1.15. The van der Waals surface area contributed by atoms with Crippen molar-refractivity contribution in [3.8, 4) is 11.1 Å². The second-order valence-corrected chi connectivity index (χ2v) is 6.14. The van der Waals surface area contributed by atoms with E-state index < -0.39 is 15.8 Å². The molecule has 2 aromatic carbocycles. The Hall–Kier alpha value is -2.14. The Bertz CT molecular complexity index is 718. The van der Waals surface area contributed by atoms with Gasteiger partial charge in [0.15, 0.2) is 9.84 Å². The van der Waals surface area contributed by atoms with E-state index in [9.17, 15) is 13.2 Å². The predicted molar refractivity (Wildman–Crippen MR) is 71.9 cm³/mol. The van der Waals surface area contributed by atoms with Crippen molar-refractivity contribution in [2.24, 2.45) is 0 Å². The first kappa shape index (κ1) is 13.3. The van der Waals surface area contributed by atoms with Gasteiger partial charge in [-0.15, -0.1) is 0 Å². The number of carbonyl (C=O) groups is 1. The molecule has 0 unspecified atom stereocenters. The molecule has 5 heteroatoms. The van der Waals surface area contributed by atoms with Crippen LogP contribution in [0.3, 0.4) is 0 Å². The minimum atomic E-state index is -3.50. The first-order chi connectivity index (χ1) is 8.89. The normalized spacial score (nSPS) is 11.2. The average Bonchev–Trinajstić information content (AvgIpc) is 2.38. The maximum absolute atomic E-state index is 11.8. The summed E-state index contributed by atoms with van der Waals surface area (Å²) < 4.78 is 23.6. The molecule has 0 amide bonds. The number of sulfone groups is 1. The van der Waals surface area contributed by atoms with Crippen molar-refractivity contribution in [2.75, 3.05) is 6.26 Å². The molecule has 2 rings (SSSR count). The summed E-state index contributed by atoms with van der Waals surface area (Å²) in [7, 11) is -3.50. The predicted octanol–water partition coefficient (Wildman–Crippen LogP) is 2.46. The summed E-state index contributed by atoms with van der Waals surface area (Å²) in [5, 5.41) is 8.94. The number of benzene rings is 2. The van der Waals surface area contributed by atoms with Gasteiger partial charge >= 0.3 is 5.97 Å². The Balaban J connectivity index is 2.72. The highest BCUT2D eigenvalue weighted by Gasteiger charge is 2.17. The number of hydrogen-bond donors (Lipinski definition) is 1. The molecule has 4 nitrogen and oxygen atoms in total. The lowest BCUT2D eigenvalue weighted by molar-refractivity contribution is 0.0696. The van der Waals surface area contributed by atoms with Crippen LogP contribution in [0.1, 0.15) is 10.4 Å². The minimum Gasteiger partial charge on any atom is -0.478 e. The Labute approximate surface area is 111 Å². The molecule has 0 saturated carbocycles. The number of carboxylic acids is 1. The number of carboxylic acid groups (broad SMARTS) is 1. The molecule has 0 radical (unpaired) electrons. The van der Waals surface area contributed by atoms with Crippen molar-refractivity contribution in [1.29, 1.82) is 0 Å². The Morgan fingerprint density at radius 2 is 1.68 bits per heavy atom. The maximum Gasteiger partial charge on any atom is 0.335 e. The summed E-state index contributed by atoms with van der Waals surface area (Å²) in [6.07, 6.45) is 1.07. The minimum absolute atomic E-state index is 0.0265. The van der Waals surface area contributed by atoms with Crippen molar-refractivity contribution in [3.05, 3.63) is 54.1 Å². The molecule has 0 aliphatic heterocycles. The first-order valence-electron chi connectivity index (χ1n) is 5.52. The lowest BCUT2D eigenvalue weighted by atomic mass is 10.0. The van der Waals surface area contributed by atoms with Crippen LogP contribution in [0.5, 0.6) is 0 Å². The molecule has 0 aliphatic rings. The third-order valence-corrected chi connectivity index (χ3v) is 3.85. The van der Waals surface area contributed by atoms with E-state index in [-0.39, 0.29) is 10.5 Å². The Kier molecular flexibility index (Phi) is 3.40. The van der Waals surface area contributed by atoms with E-state index in [1.807, 2.05) is 6.07 Å². The zero-order valence-corrected chi connectivity index (χ0v) is 11.0. The molecule has 0 spiro atoms. The van der Waals surface area contributed by atoms with Crippen LogP contribution in [0, 0.1) is 0 Å². The van der Waals surface area contributed by atoms with Crippen molar-refractivity contribution in [2.45, 2.75) is 4.90 Å². The molecule has 98 valence electrons. The molecule has 0 fully saturated rings. The van der Waals surface area contributed by atoms with Crippen molar-refractivity contribution in [3.63, 3.8) is 0 Å². The van der Waals surface area contributed by atoms with E-state index in [0.717, 1.165) is 11.8 Å². The van der Waals surface area contributed by atoms with Crippen LogP contribution < -0.4 is 0 Å². The van der Waals surface area contributed by atoms with Gasteiger partial charge in [-0.1, -0.05) is 36.4 Å². The summed E-state index contributed by atoms with van der Waals surface area (Å²) in [5.41, 5.74) is 1.20. The molecule has 19 heavy (non-hydrogen) atoms. The van der Waals surface area contributed by atoms with Gasteiger partial charge in [-0.2, -0.15) is 0 Å². The van der Waals surface area contributed by atoms with Crippen molar-refractivity contribution in [1.82, 2.24) is 0 Å². The fourth-order valence-electron chi connectivity index (χ4n) is 1.82. The molecule has 2 aromatic rings. The fraction of sp³-hybridized carbons (Fsp3) is 0.0714. The second-order valence-electron chi connectivity index (χ2n) is 4.15. The van der Waals surface area contributed by atoms with Gasteiger partial charge in [0, 0.05) is 11.8 Å². The Morgan fingerprint density at radius 1 is 1.05 bits per heavy atom. The van der Waals surface area contributed by atoms with E-state index in [4.69, 9.17) is 5.11 Å². The average molecular weight is 276 g/mol. The molecular weight excluding hydrogens is 264 g/mol. The van der Waals surface area contributed by atoms with Gasteiger partial charge in [0.2, 0.25) is 0 Å². The smallest absolute Gasteiger partial charge is 0.335 e. The summed E-state index contributed by atoms with van der Waals surface area (Å²) in [4.78, 5) is 11.0. The quantitative estimate of drug-likeness (QED) is 0.934. The molecule has 0 saturated heterocycles. The van der Waals surface area contributed by atoms with Crippen LogP contribution in [-0.4, -0.2) is 25.7 Å². The highest BCUT2D eigenvalue weighted by atomic mass is 32.2. The van der Waals surface area contributed by atoms with Crippen LogP contribution >= 0.6 is 0 Å². The van der Waals surface area contributed by atoms with Crippen LogP contribution in [0.15, 0.2) is 53.4 Å². The van der Waals surface area contributed by atoms with Crippen LogP contribution in [0.25, 0.3) is 11.1 Å². The van der Waals surface area contributed by atoms with E-state index >= 15 is 0 Å². The Morgan fingerprint density at radius 3 is 2.21 bits per heavy atom. The third kappa shape index (κ3) is 2.82. The van der Waals surface area contributed by atoms with E-state index in [1.165, 1.54) is 18.2 Å². The first-order valence-corrected chi connectivity index (χ1v) is 7.41. The van der Waals surface area contributed by atoms with Crippen LogP contribution in [0.4, 0.5) is 0 Å². The van der Waals surface area contributed by atoms with E-state index in [2.05, 4.69) is 0 Å². The number of aromatic carboxylic acids is 1. The molecule has 1 N–H and O–H groups in total. The molecule has 0 aliphatic carbocycles. The summed E-state index contributed by atoms with van der Waals surface area (Å²) in [6.45, 7) is 0. The van der Waals surface area contributed by atoms with Gasteiger partial charge in [0.05, 0.1) is 10.5 Å². The molecule has 0 heterocycles. The zero-order valence-electron chi connectivity index (χ0n) is 10.2. The van der Waals surface area contributed by atoms with Gasteiger partial charge in [0.25, 0.3) is 0 Å². The molecular formula is C14H12O4S. The maximum atomic E-state index is 11.8. The van der Waals surface area contributed by atoms with Crippen LogP contribution in [-0.2, 0) is 9.84 Å². The molecule has 0 atom stereocenters. The van der Waals surface area contributed by atoms with E-state index in [0.29, 0.717) is 5.56 Å². The van der Waals surface area contributed by atoms with Crippen LogP contribution in [0.2, 0.25) is 0 Å².